The minimum absolute atomic E-state index is 0.679. The first-order chi connectivity index (χ1) is 8.75. The quantitative estimate of drug-likeness (QED) is 0.770. The van der Waals surface area contributed by atoms with E-state index in [0.717, 1.165) is 27.2 Å². The summed E-state index contributed by atoms with van der Waals surface area (Å²) in [7, 11) is 0. The normalized spacial score (nSPS) is 11.0. The van der Waals surface area contributed by atoms with Crippen LogP contribution in [-0.4, -0.2) is 15.2 Å². The lowest BCUT2D eigenvalue weighted by Gasteiger charge is -2.08. The zero-order chi connectivity index (χ0) is 12.5. The van der Waals surface area contributed by atoms with Gasteiger partial charge in [0.25, 0.3) is 0 Å². The van der Waals surface area contributed by atoms with Crippen molar-refractivity contribution in [3.8, 4) is 0 Å². The number of benzene rings is 1. The highest BCUT2D eigenvalue weighted by atomic mass is 35.5. The fraction of sp³-hybridized carbons (Fsp3) is 0.167. The lowest BCUT2D eigenvalue weighted by molar-refractivity contribution is 1.04. The Hall–Kier alpha value is -1.59. The van der Waals surface area contributed by atoms with E-state index in [-0.39, 0.29) is 0 Å². The predicted octanol–water partition coefficient (Wildman–Crippen LogP) is 3.59. The number of hydrogen-bond donors (Lipinski definition) is 2. The highest BCUT2D eigenvalue weighted by Crippen LogP contribution is 2.32. The van der Waals surface area contributed by atoms with Crippen LogP contribution in [-0.2, 0) is 6.54 Å². The molecule has 0 aliphatic rings. The summed E-state index contributed by atoms with van der Waals surface area (Å²) in [6.45, 7) is 2.67. The van der Waals surface area contributed by atoms with E-state index in [9.17, 15) is 0 Å². The minimum Gasteiger partial charge on any atom is -0.378 e. The van der Waals surface area contributed by atoms with Gasteiger partial charge in [0.05, 0.1) is 27.1 Å². The van der Waals surface area contributed by atoms with Crippen LogP contribution in [0.5, 0.6) is 0 Å². The molecule has 6 heteroatoms. The Bertz CT molecular complexity index is 688. The van der Waals surface area contributed by atoms with Crippen molar-refractivity contribution in [3.05, 3.63) is 40.1 Å². The molecule has 4 nitrogen and oxygen atoms in total. The number of thiazole rings is 1. The van der Waals surface area contributed by atoms with Crippen molar-refractivity contribution < 1.29 is 0 Å². The summed E-state index contributed by atoms with van der Waals surface area (Å²) < 4.78 is 1.13. The van der Waals surface area contributed by atoms with Crippen LogP contribution in [0.15, 0.2) is 23.8 Å². The molecule has 0 amide bonds. The molecule has 0 fully saturated rings. The third-order valence-electron chi connectivity index (χ3n) is 2.84. The molecule has 0 radical (unpaired) electrons. The van der Waals surface area contributed by atoms with E-state index in [1.165, 1.54) is 0 Å². The van der Waals surface area contributed by atoms with Gasteiger partial charge in [0, 0.05) is 17.8 Å². The number of nitrogens with one attached hydrogen (secondary N) is 2. The number of fused-ring (bicyclic) bond motifs is 1. The summed E-state index contributed by atoms with van der Waals surface area (Å²) in [4.78, 5) is 4.35. The molecule has 0 bridgehead atoms. The van der Waals surface area contributed by atoms with Crippen molar-refractivity contribution in [1.82, 2.24) is 15.2 Å². The number of aromatic nitrogens is 3. The second kappa shape index (κ2) is 4.59. The van der Waals surface area contributed by atoms with Crippen LogP contribution in [0.4, 0.5) is 5.69 Å². The van der Waals surface area contributed by atoms with E-state index in [1.807, 2.05) is 30.8 Å². The van der Waals surface area contributed by atoms with Crippen LogP contribution >= 0.6 is 22.9 Å². The molecule has 18 heavy (non-hydrogen) atoms. The molecular formula is C12H11ClN4S. The van der Waals surface area contributed by atoms with Crippen LogP contribution in [0.2, 0.25) is 5.02 Å². The molecule has 3 rings (SSSR count). The van der Waals surface area contributed by atoms with E-state index >= 15 is 0 Å². The Morgan fingerprint density at radius 1 is 1.44 bits per heavy atom. The molecule has 2 aromatic heterocycles. The van der Waals surface area contributed by atoms with Crippen molar-refractivity contribution in [2.45, 2.75) is 13.5 Å². The zero-order valence-electron chi connectivity index (χ0n) is 9.70. The summed E-state index contributed by atoms with van der Waals surface area (Å²) in [6, 6.07) is 3.89. The fourth-order valence-corrected chi connectivity index (χ4v) is 2.72. The number of anilines is 1. The van der Waals surface area contributed by atoms with Gasteiger partial charge >= 0.3 is 0 Å². The van der Waals surface area contributed by atoms with Crippen molar-refractivity contribution in [2.24, 2.45) is 0 Å². The molecule has 0 atom stereocenters. The lowest BCUT2D eigenvalue weighted by atomic mass is 10.2. The maximum atomic E-state index is 6.22. The first kappa shape index (κ1) is 11.5. The highest BCUT2D eigenvalue weighted by Gasteiger charge is 2.09. The van der Waals surface area contributed by atoms with Crippen LogP contribution in [0.1, 0.15) is 11.3 Å². The Labute approximate surface area is 113 Å². The molecule has 2 N–H and O–H groups in total. The molecule has 0 aliphatic heterocycles. The van der Waals surface area contributed by atoms with Crippen molar-refractivity contribution in [2.75, 3.05) is 5.32 Å². The first-order valence-corrected chi connectivity index (χ1v) is 6.76. The standard InChI is InChI=1S/C12H11ClN4S/c1-7-8(5-16-17-7)4-14-11-9(13)2-3-10-12(11)15-6-18-10/h2-3,5-6,14H,4H2,1H3,(H,16,17). The third kappa shape index (κ3) is 1.95. The molecular weight excluding hydrogens is 268 g/mol. The summed E-state index contributed by atoms with van der Waals surface area (Å²) in [5.74, 6) is 0. The van der Waals surface area contributed by atoms with E-state index in [1.54, 1.807) is 11.3 Å². The van der Waals surface area contributed by atoms with Crippen LogP contribution in [0.25, 0.3) is 10.2 Å². The number of aryl methyl sites for hydroxylation is 1. The molecule has 0 aliphatic carbocycles. The molecule has 3 aromatic rings. The Balaban J connectivity index is 1.92. The van der Waals surface area contributed by atoms with Crippen molar-refractivity contribution in [3.63, 3.8) is 0 Å². The van der Waals surface area contributed by atoms with Gasteiger partial charge < -0.3 is 5.32 Å². The van der Waals surface area contributed by atoms with Crippen LogP contribution in [0.3, 0.4) is 0 Å². The summed E-state index contributed by atoms with van der Waals surface area (Å²) in [5.41, 5.74) is 5.82. The monoisotopic (exact) mass is 278 g/mol. The van der Waals surface area contributed by atoms with E-state index in [2.05, 4.69) is 20.5 Å². The second-order valence-electron chi connectivity index (χ2n) is 4.00. The fourth-order valence-electron chi connectivity index (χ4n) is 1.81. The van der Waals surface area contributed by atoms with Gasteiger partial charge in [-0.2, -0.15) is 5.10 Å². The molecule has 1 aromatic carbocycles. The van der Waals surface area contributed by atoms with Crippen LogP contribution in [0, 0.1) is 6.92 Å². The first-order valence-electron chi connectivity index (χ1n) is 5.50. The number of halogens is 1. The maximum Gasteiger partial charge on any atom is 0.106 e. The van der Waals surface area contributed by atoms with Gasteiger partial charge in [0.15, 0.2) is 0 Å². The average molecular weight is 279 g/mol. The Kier molecular flexibility index (Phi) is 2.93. The molecule has 92 valence electrons. The second-order valence-corrected chi connectivity index (χ2v) is 5.29. The number of aromatic amines is 1. The van der Waals surface area contributed by atoms with Crippen molar-refractivity contribution >= 4 is 38.8 Å². The summed E-state index contributed by atoms with van der Waals surface area (Å²) >= 11 is 7.83. The molecule has 0 unspecified atom stereocenters. The molecule has 0 saturated carbocycles. The smallest absolute Gasteiger partial charge is 0.106 e. The Morgan fingerprint density at radius 3 is 3.11 bits per heavy atom. The SMILES string of the molecule is Cc1[nH]ncc1CNc1c(Cl)ccc2scnc12. The third-order valence-corrected chi connectivity index (χ3v) is 3.95. The Morgan fingerprint density at radius 2 is 2.33 bits per heavy atom. The largest absolute Gasteiger partial charge is 0.378 e. The number of hydrogen-bond acceptors (Lipinski definition) is 4. The van der Waals surface area contributed by atoms with Gasteiger partial charge in [-0.1, -0.05) is 11.6 Å². The van der Waals surface area contributed by atoms with E-state index in [4.69, 9.17) is 11.6 Å². The molecule has 0 saturated heterocycles. The molecule has 2 heterocycles. The highest BCUT2D eigenvalue weighted by molar-refractivity contribution is 7.16. The summed E-state index contributed by atoms with van der Waals surface area (Å²) in [6.07, 6.45) is 1.82. The van der Waals surface area contributed by atoms with Gasteiger partial charge in [-0.25, -0.2) is 4.98 Å². The lowest BCUT2D eigenvalue weighted by Crippen LogP contribution is -2.01. The topological polar surface area (TPSA) is 53.6 Å². The molecule has 0 spiro atoms. The van der Waals surface area contributed by atoms with Gasteiger partial charge in [-0.15, -0.1) is 11.3 Å². The van der Waals surface area contributed by atoms with E-state index in [0.29, 0.717) is 11.6 Å². The van der Waals surface area contributed by atoms with Gasteiger partial charge in [0.1, 0.15) is 5.52 Å². The number of H-pyrrole nitrogens is 1. The van der Waals surface area contributed by atoms with Crippen LogP contribution < -0.4 is 5.32 Å². The zero-order valence-corrected chi connectivity index (χ0v) is 11.3. The average Bonchev–Trinajstić information content (AvgIpc) is 2.97. The maximum absolute atomic E-state index is 6.22. The van der Waals surface area contributed by atoms with Gasteiger partial charge in [0.2, 0.25) is 0 Å². The predicted molar refractivity (Wildman–Crippen MR) is 75.3 cm³/mol. The number of rotatable bonds is 3. The van der Waals surface area contributed by atoms with Gasteiger partial charge in [-0.05, 0) is 19.1 Å². The van der Waals surface area contributed by atoms with Gasteiger partial charge in [-0.3, -0.25) is 5.10 Å². The van der Waals surface area contributed by atoms with E-state index < -0.39 is 0 Å². The minimum atomic E-state index is 0.679. The summed E-state index contributed by atoms with van der Waals surface area (Å²) in [5, 5.41) is 10.9. The van der Waals surface area contributed by atoms with Crippen molar-refractivity contribution in [1.29, 1.82) is 0 Å². The number of nitrogens with zero attached hydrogens (tertiary/aromatic N) is 2.